The van der Waals surface area contributed by atoms with Crippen LogP contribution in [0.3, 0.4) is 0 Å². The van der Waals surface area contributed by atoms with Gasteiger partial charge in [-0.1, -0.05) is 42.5 Å². The summed E-state index contributed by atoms with van der Waals surface area (Å²) in [5, 5.41) is 3.09. The van der Waals surface area contributed by atoms with E-state index in [1.807, 2.05) is 38.2 Å². The lowest BCUT2D eigenvalue weighted by molar-refractivity contribution is -0.123. The lowest BCUT2D eigenvalue weighted by atomic mass is 10.1. The number of carbonyl (C=O) groups is 1. The molecule has 0 spiro atoms. The van der Waals surface area contributed by atoms with E-state index in [1.165, 1.54) is 11.1 Å². The van der Waals surface area contributed by atoms with E-state index in [2.05, 4.69) is 34.5 Å². The van der Waals surface area contributed by atoms with Crippen molar-refractivity contribution in [2.75, 3.05) is 20.7 Å². The van der Waals surface area contributed by atoms with Gasteiger partial charge < -0.3 is 10.1 Å². The number of ether oxygens (including phenoxy) is 1. The summed E-state index contributed by atoms with van der Waals surface area (Å²) in [6.07, 6.45) is 2.16. The Bertz CT molecular complexity index is 744. The van der Waals surface area contributed by atoms with E-state index in [4.69, 9.17) is 4.74 Å². The molecule has 2 aromatic carbocycles. The molecule has 4 nitrogen and oxygen atoms in total. The number of hydrogen-bond donors (Lipinski definition) is 1. The number of nitrogens with one attached hydrogen (secondary N) is 1. The van der Waals surface area contributed by atoms with Crippen LogP contribution < -0.4 is 10.1 Å². The number of benzene rings is 2. The van der Waals surface area contributed by atoms with E-state index in [0.717, 1.165) is 24.2 Å². The second kappa shape index (κ2) is 7.70. The van der Waals surface area contributed by atoms with Crippen molar-refractivity contribution in [1.29, 1.82) is 0 Å². The molecule has 132 valence electrons. The molecule has 2 unspecified atom stereocenters. The lowest BCUT2D eigenvalue weighted by Crippen LogP contribution is -2.37. The first kappa shape index (κ1) is 17.5. The van der Waals surface area contributed by atoms with Gasteiger partial charge in [-0.3, -0.25) is 9.69 Å². The number of aryl methyl sites for hydroxylation is 1. The first-order chi connectivity index (χ1) is 12.1. The quantitative estimate of drug-likeness (QED) is 0.876. The maximum Gasteiger partial charge on any atom is 0.234 e. The van der Waals surface area contributed by atoms with Crippen LogP contribution >= 0.6 is 0 Å². The third-order valence-electron chi connectivity index (χ3n) is 5.01. The fraction of sp³-hybridized carbons (Fsp3) is 0.381. The molecule has 1 N–H and O–H groups in total. The van der Waals surface area contributed by atoms with Gasteiger partial charge in [-0.15, -0.1) is 0 Å². The molecule has 3 rings (SSSR count). The zero-order chi connectivity index (χ0) is 17.8. The van der Waals surface area contributed by atoms with Crippen LogP contribution in [0.1, 0.15) is 42.1 Å². The van der Waals surface area contributed by atoms with Gasteiger partial charge in [-0.05, 0) is 44.0 Å². The monoisotopic (exact) mass is 338 g/mol. The molecule has 0 saturated carbocycles. The van der Waals surface area contributed by atoms with Crippen molar-refractivity contribution in [1.82, 2.24) is 10.2 Å². The number of hydrogen-bond acceptors (Lipinski definition) is 3. The molecule has 0 heterocycles. The van der Waals surface area contributed by atoms with Gasteiger partial charge in [-0.25, -0.2) is 0 Å². The summed E-state index contributed by atoms with van der Waals surface area (Å²) < 4.78 is 5.39. The number of rotatable bonds is 6. The number of fused-ring (bicyclic) bond motifs is 1. The molecule has 2 aromatic rings. The molecule has 0 aliphatic heterocycles. The Morgan fingerprint density at radius 2 is 1.96 bits per heavy atom. The Hall–Kier alpha value is -2.33. The van der Waals surface area contributed by atoms with Crippen LogP contribution in [-0.2, 0) is 11.2 Å². The maximum absolute atomic E-state index is 12.5. The maximum atomic E-state index is 12.5. The highest BCUT2D eigenvalue weighted by Gasteiger charge is 2.26. The van der Waals surface area contributed by atoms with Crippen LogP contribution in [0.15, 0.2) is 48.5 Å². The normalized spacial score (nSPS) is 17.2. The highest BCUT2D eigenvalue weighted by molar-refractivity contribution is 5.78. The van der Waals surface area contributed by atoms with Gasteiger partial charge in [-0.2, -0.15) is 0 Å². The minimum atomic E-state index is -0.0899. The van der Waals surface area contributed by atoms with Crippen molar-refractivity contribution in [3.05, 3.63) is 65.2 Å². The summed E-state index contributed by atoms with van der Waals surface area (Å²) in [6.45, 7) is 2.37. The average Bonchev–Trinajstić information content (AvgIpc) is 3.05. The van der Waals surface area contributed by atoms with Gasteiger partial charge in [0.05, 0.1) is 19.7 Å². The smallest absolute Gasteiger partial charge is 0.234 e. The van der Waals surface area contributed by atoms with Crippen LogP contribution in [0.2, 0.25) is 0 Å². The Morgan fingerprint density at radius 3 is 2.76 bits per heavy atom. The van der Waals surface area contributed by atoms with E-state index >= 15 is 0 Å². The number of para-hydroxylation sites is 1. The van der Waals surface area contributed by atoms with Gasteiger partial charge >= 0.3 is 0 Å². The molecule has 2 atom stereocenters. The van der Waals surface area contributed by atoms with Gasteiger partial charge in [0, 0.05) is 11.6 Å². The topological polar surface area (TPSA) is 41.6 Å². The van der Waals surface area contributed by atoms with E-state index in [9.17, 15) is 4.79 Å². The number of amides is 1. The summed E-state index contributed by atoms with van der Waals surface area (Å²) in [4.78, 5) is 14.7. The van der Waals surface area contributed by atoms with E-state index in [-0.39, 0.29) is 11.9 Å². The molecule has 0 aromatic heterocycles. The molecule has 1 aliphatic rings. The zero-order valence-electron chi connectivity index (χ0n) is 15.2. The van der Waals surface area contributed by atoms with Gasteiger partial charge in [0.15, 0.2) is 0 Å². The molecular weight excluding hydrogens is 312 g/mol. The second-order valence-electron chi connectivity index (χ2n) is 6.70. The van der Waals surface area contributed by atoms with Crippen molar-refractivity contribution in [3.8, 4) is 5.75 Å². The number of methoxy groups -OCH3 is 1. The highest BCUT2D eigenvalue weighted by atomic mass is 16.5. The number of likely N-dealkylation sites (N-methyl/N-ethyl adjacent to an activating group) is 1. The second-order valence-corrected chi connectivity index (χ2v) is 6.70. The SMILES string of the molecule is COc1ccccc1C(C)NC(=O)CN(C)C1CCc2ccccc21. The summed E-state index contributed by atoms with van der Waals surface area (Å²) in [6, 6.07) is 16.6. The van der Waals surface area contributed by atoms with Crippen LogP contribution in [0.5, 0.6) is 5.75 Å². The predicted octanol–water partition coefficient (Wildman–Crippen LogP) is 3.49. The largest absolute Gasteiger partial charge is 0.496 e. The van der Waals surface area contributed by atoms with E-state index in [0.29, 0.717) is 12.6 Å². The number of nitrogens with zero attached hydrogens (tertiary/aromatic N) is 1. The minimum Gasteiger partial charge on any atom is -0.496 e. The van der Waals surface area contributed by atoms with Crippen LogP contribution in [0, 0.1) is 0 Å². The summed E-state index contributed by atoms with van der Waals surface area (Å²) in [7, 11) is 3.68. The lowest BCUT2D eigenvalue weighted by Gasteiger charge is -2.25. The van der Waals surface area contributed by atoms with Crippen molar-refractivity contribution in [3.63, 3.8) is 0 Å². The molecular formula is C21H26N2O2. The Morgan fingerprint density at radius 1 is 1.24 bits per heavy atom. The van der Waals surface area contributed by atoms with Crippen molar-refractivity contribution in [2.24, 2.45) is 0 Å². The Labute approximate surface area is 149 Å². The van der Waals surface area contributed by atoms with E-state index in [1.54, 1.807) is 7.11 Å². The van der Waals surface area contributed by atoms with E-state index < -0.39 is 0 Å². The average molecular weight is 338 g/mol. The standard InChI is InChI=1S/C21H26N2O2/c1-15(17-9-6-7-11-20(17)25-3)22-21(24)14-23(2)19-13-12-16-8-4-5-10-18(16)19/h4-11,15,19H,12-14H2,1-3H3,(H,22,24). The van der Waals surface area contributed by atoms with Crippen molar-refractivity contribution in [2.45, 2.75) is 31.8 Å². The summed E-state index contributed by atoms with van der Waals surface area (Å²) in [5.41, 5.74) is 3.75. The van der Waals surface area contributed by atoms with Crippen LogP contribution in [-0.4, -0.2) is 31.5 Å². The number of carbonyl (C=O) groups excluding carboxylic acids is 1. The molecule has 0 saturated heterocycles. The third-order valence-corrected chi connectivity index (χ3v) is 5.01. The van der Waals surface area contributed by atoms with Gasteiger partial charge in [0.25, 0.3) is 0 Å². The molecule has 0 radical (unpaired) electrons. The predicted molar refractivity (Wildman–Crippen MR) is 99.7 cm³/mol. The Kier molecular flexibility index (Phi) is 5.39. The van der Waals surface area contributed by atoms with Crippen LogP contribution in [0.4, 0.5) is 0 Å². The molecule has 1 aliphatic carbocycles. The molecule has 0 bridgehead atoms. The third kappa shape index (κ3) is 3.85. The van der Waals surface area contributed by atoms with Gasteiger partial charge in [0.2, 0.25) is 5.91 Å². The first-order valence-corrected chi connectivity index (χ1v) is 8.80. The minimum absolute atomic E-state index is 0.0327. The van der Waals surface area contributed by atoms with Crippen molar-refractivity contribution >= 4 is 5.91 Å². The fourth-order valence-electron chi connectivity index (χ4n) is 3.72. The Balaban J connectivity index is 1.61. The molecule has 25 heavy (non-hydrogen) atoms. The van der Waals surface area contributed by atoms with Crippen LogP contribution in [0.25, 0.3) is 0 Å². The zero-order valence-corrected chi connectivity index (χ0v) is 15.2. The fourth-order valence-corrected chi connectivity index (χ4v) is 3.72. The highest BCUT2D eigenvalue weighted by Crippen LogP contribution is 2.34. The molecule has 4 heteroatoms. The summed E-state index contributed by atoms with van der Waals surface area (Å²) in [5.74, 6) is 0.832. The molecule has 1 amide bonds. The van der Waals surface area contributed by atoms with Gasteiger partial charge in [0.1, 0.15) is 5.75 Å². The molecule has 0 fully saturated rings. The first-order valence-electron chi connectivity index (χ1n) is 8.80. The van der Waals surface area contributed by atoms with Crippen molar-refractivity contribution < 1.29 is 9.53 Å². The summed E-state index contributed by atoms with van der Waals surface area (Å²) >= 11 is 0.